The van der Waals surface area contributed by atoms with Crippen LogP contribution in [0.25, 0.3) is 10.8 Å². The summed E-state index contributed by atoms with van der Waals surface area (Å²) in [5.41, 5.74) is 2.69. The molecule has 0 saturated heterocycles. The normalized spacial score (nSPS) is 11.1. The Labute approximate surface area is 118 Å². The number of hydrogen-bond donors (Lipinski definition) is 1. The van der Waals surface area contributed by atoms with E-state index in [1.807, 2.05) is 55.6 Å². The molecule has 3 heteroatoms. The molecule has 0 atom stereocenters. The highest BCUT2D eigenvalue weighted by molar-refractivity contribution is 5.99. The van der Waals surface area contributed by atoms with Gasteiger partial charge in [-0.1, -0.05) is 48.5 Å². The van der Waals surface area contributed by atoms with E-state index in [9.17, 15) is 0 Å². The van der Waals surface area contributed by atoms with Gasteiger partial charge in [0.15, 0.2) is 0 Å². The zero-order valence-corrected chi connectivity index (χ0v) is 11.2. The van der Waals surface area contributed by atoms with Crippen LogP contribution in [0.5, 0.6) is 0 Å². The van der Waals surface area contributed by atoms with E-state index in [0.29, 0.717) is 0 Å². The number of azo groups is 1. The van der Waals surface area contributed by atoms with E-state index in [1.54, 1.807) is 0 Å². The van der Waals surface area contributed by atoms with E-state index < -0.39 is 0 Å². The summed E-state index contributed by atoms with van der Waals surface area (Å²) in [6, 6.07) is 22.0. The minimum absolute atomic E-state index is 0.843. The standard InChI is InChI=1S/C17H15N3/c1-18-17-15-10-6-5-7-13(15)11-12-16(17)20-19-14-8-3-2-4-9-14/h2-12,18H,1H3. The zero-order chi connectivity index (χ0) is 13.8. The first-order chi connectivity index (χ1) is 9.88. The van der Waals surface area contributed by atoms with Crippen molar-refractivity contribution < 1.29 is 0 Å². The minimum Gasteiger partial charge on any atom is -0.386 e. The maximum Gasteiger partial charge on any atom is 0.109 e. The van der Waals surface area contributed by atoms with Gasteiger partial charge in [-0.2, -0.15) is 5.11 Å². The molecular weight excluding hydrogens is 246 g/mol. The fourth-order valence-electron chi connectivity index (χ4n) is 2.21. The third kappa shape index (κ3) is 2.38. The molecule has 98 valence electrons. The summed E-state index contributed by atoms with van der Waals surface area (Å²) >= 11 is 0. The van der Waals surface area contributed by atoms with Crippen molar-refractivity contribution in [2.75, 3.05) is 12.4 Å². The lowest BCUT2D eigenvalue weighted by molar-refractivity contribution is 1.23. The van der Waals surface area contributed by atoms with Gasteiger partial charge in [-0.25, -0.2) is 0 Å². The van der Waals surface area contributed by atoms with E-state index >= 15 is 0 Å². The van der Waals surface area contributed by atoms with Crippen molar-refractivity contribution in [2.24, 2.45) is 10.2 Å². The SMILES string of the molecule is CNc1c(N=Nc2ccccc2)ccc2ccccc12. The molecule has 0 bridgehead atoms. The Morgan fingerprint density at radius 3 is 2.30 bits per heavy atom. The molecule has 3 rings (SSSR count). The van der Waals surface area contributed by atoms with Crippen LogP contribution in [-0.2, 0) is 0 Å². The molecule has 0 unspecified atom stereocenters. The van der Waals surface area contributed by atoms with Gasteiger partial charge < -0.3 is 5.32 Å². The second kappa shape index (κ2) is 5.53. The molecular formula is C17H15N3. The lowest BCUT2D eigenvalue weighted by Crippen LogP contribution is -1.89. The molecule has 0 heterocycles. The average Bonchev–Trinajstić information content (AvgIpc) is 2.53. The minimum atomic E-state index is 0.843. The lowest BCUT2D eigenvalue weighted by Gasteiger charge is -2.08. The topological polar surface area (TPSA) is 36.8 Å². The highest BCUT2D eigenvalue weighted by Crippen LogP contribution is 2.34. The number of nitrogens with zero attached hydrogens (tertiary/aromatic N) is 2. The number of hydrogen-bond acceptors (Lipinski definition) is 3. The summed E-state index contributed by atoms with van der Waals surface area (Å²) in [6.45, 7) is 0. The molecule has 0 aliphatic rings. The number of benzene rings is 3. The fraction of sp³-hybridized carbons (Fsp3) is 0.0588. The molecule has 1 N–H and O–H groups in total. The summed E-state index contributed by atoms with van der Waals surface area (Å²) in [6.07, 6.45) is 0. The van der Waals surface area contributed by atoms with Crippen molar-refractivity contribution in [3.63, 3.8) is 0 Å². The van der Waals surface area contributed by atoms with Crippen LogP contribution in [-0.4, -0.2) is 7.05 Å². The van der Waals surface area contributed by atoms with Crippen LogP contribution in [0.3, 0.4) is 0 Å². The maximum atomic E-state index is 4.36. The Morgan fingerprint density at radius 2 is 1.50 bits per heavy atom. The summed E-state index contributed by atoms with van der Waals surface area (Å²) in [7, 11) is 1.91. The highest BCUT2D eigenvalue weighted by atomic mass is 15.1. The fourth-order valence-corrected chi connectivity index (χ4v) is 2.21. The Balaban J connectivity index is 2.05. The molecule has 3 aromatic rings. The van der Waals surface area contributed by atoms with Gasteiger partial charge in [0, 0.05) is 12.4 Å². The number of nitrogens with one attached hydrogen (secondary N) is 1. The van der Waals surface area contributed by atoms with Crippen LogP contribution in [0.2, 0.25) is 0 Å². The summed E-state index contributed by atoms with van der Waals surface area (Å²) in [5.74, 6) is 0. The zero-order valence-electron chi connectivity index (χ0n) is 11.2. The molecule has 3 aromatic carbocycles. The molecule has 0 fully saturated rings. The Kier molecular flexibility index (Phi) is 3.42. The van der Waals surface area contributed by atoms with Crippen LogP contribution >= 0.6 is 0 Å². The average molecular weight is 261 g/mol. The van der Waals surface area contributed by atoms with Gasteiger partial charge in [0.2, 0.25) is 0 Å². The molecule has 3 nitrogen and oxygen atoms in total. The van der Waals surface area contributed by atoms with E-state index in [1.165, 1.54) is 5.39 Å². The predicted molar refractivity (Wildman–Crippen MR) is 84.1 cm³/mol. The van der Waals surface area contributed by atoms with Crippen molar-refractivity contribution in [1.29, 1.82) is 0 Å². The van der Waals surface area contributed by atoms with E-state index in [2.05, 4.69) is 33.7 Å². The van der Waals surface area contributed by atoms with Crippen LogP contribution < -0.4 is 5.32 Å². The molecule has 0 saturated carbocycles. The molecule has 0 radical (unpaired) electrons. The largest absolute Gasteiger partial charge is 0.386 e. The van der Waals surface area contributed by atoms with E-state index in [4.69, 9.17) is 0 Å². The van der Waals surface area contributed by atoms with Gasteiger partial charge in [-0.05, 0) is 23.6 Å². The Bertz CT molecular complexity index is 749. The van der Waals surface area contributed by atoms with Crippen LogP contribution in [0.4, 0.5) is 17.1 Å². The third-order valence-electron chi connectivity index (χ3n) is 3.19. The molecule has 0 aromatic heterocycles. The smallest absolute Gasteiger partial charge is 0.109 e. The second-order valence-electron chi connectivity index (χ2n) is 4.47. The molecule has 20 heavy (non-hydrogen) atoms. The number of anilines is 1. The first-order valence-electron chi connectivity index (χ1n) is 6.55. The summed E-state index contributed by atoms with van der Waals surface area (Å²) < 4.78 is 0. The lowest BCUT2D eigenvalue weighted by atomic mass is 10.1. The maximum absolute atomic E-state index is 4.36. The van der Waals surface area contributed by atoms with Crippen molar-refractivity contribution in [3.8, 4) is 0 Å². The van der Waals surface area contributed by atoms with Crippen molar-refractivity contribution in [2.45, 2.75) is 0 Å². The van der Waals surface area contributed by atoms with Gasteiger partial charge in [0.1, 0.15) is 5.69 Å². The van der Waals surface area contributed by atoms with Crippen LogP contribution in [0, 0.1) is 0 Å². The predicted octanol–water partition coefficient (Wildman–Crippen LogP) is 5.30. The number of fused-ring (bicyclic) bond motifs is 1. The monoisotopic (exact) mass is 261 g/mol. The van der Waals surface area contributed by atoms with E-state index in [-0.39, 0.29) is 0 Å². The van der Waals surface area contributed by atoms with Gasteiger partial charge >= 0.3 is 0 Å². The Hall–Kier alpha value is -2.68. The Morgan fingerprint density at radius 1 is 0.750 bits per heavy atom. The van der Waals surface area contributed by atoms with Gasteiger partial charge in [-0.15, -0.1) is 5.11 Å². The van der Waals surface area contributed by atoms with Gasteiger partial charge in [-0.3, -0.25) is 0 Å². The summed E-state index contributed by atoms with van der Waals surface area (Å²) in [4.78, 5) is 0. The molecule has 0 spiro atoms. The first kappa shape index (κ1) is 12.4. The van der Waals surface area contributed by atoms with Crippen LogP contribution in [0.15, 0.2) is 77.0 Å². The van der Waals surface area contributed by atoms with E-state index in [0.717, 1.165) is 22.4 Å². The first-order valence-corrected chi connectivity index (χ1v) is 6.55. The highest BCUT2D eigenvalue weighted by Gasteiger charge is 2.05. The number of rotatable bonds is 3. The second-order valence-corrected chi connectivity index (χ2v) is 4.47. The molecule has 0 amide bonds. The molecule has 0 aliphatic carbocycles. The van der Waals surface area contributed by atoms with Crippen LogP contribution in [0.1, 0.15) is 0 Å². The van der Waals surface area contributed by atoms with Crippen molar-refractivity contribution >= 4 is 27.8 Å². The quantitative estimate of drug-likeness (QED) is 0.638. The molecule has 0 aliphatic heterocycles. The summed E-state index contributed by atoms with van der Waals surface area (Å²) in [5, 5.41) is 14.2. The van der Waals surface area contributed by atoms with Crippen molar-refractivity contribution in [3.05, 3.63) is 66.7 Å². The third-order valence-corrected chi connectivity index (χ3v) is 3.19. The van der Waals surface area contributed by atoms with Gasteiger partial charge in [0.25, 0.3) is 0 Å². The van der Waals surface area contributed by atoms with Crippen molar-refractivity contribution in [1.82, 2.24) is 0 Å². The van der Waals surface area contributed by atoms with Gasteiger partial charge in [0.05, 0.1) is 11.4 Å².